The van der Waals surface area contributed by atoms with Crippen LogP contribution < -0.4 is 5.32 Å². The van der Waals surface area contributed by atoms with Crippen LogP contribution in [0.3, 0.4) is 0 Å². The first-order chi connectivity index (χ1) is 15.6. The molecule has 3 aromatic rings. The topological polar surface area (TPSA) is 49.4 Å². The fourth-order valence-electron chi connectivity index (χ4n) is 3.80. The van der Waals surface area contributed by atoms with Crippen LogP contribution in [0.5, 0.6) is 0 Å². The minimum Gasteiger partial charge on any atom is -0.354 e. The molecule has 0 saturated carbocycles. The van der Waals surface area contributed by atoms with Crippen LogP contribution in [0.1, 0.15) is 27.0 Å². The number of carbonyl (C=O) groups excluding carboxylic acids is 2. The molecule has 1 aliphatic rings. The van der Waals surface area contributed by atoms with E-state index in [1.165, 1.54) is 5.56 Å². The van der Waals surface area contributed by atoms with Gasteiger partial charge in [0.1, 0.15) is 6.04 Å². The first-order valence-electron chi connectivity index (χ1n) is 10.6. The summed E-state index contributed by atoms with van der Waals surface area (Å²) in [7, 11) is 0. The summed E-state index contributed by atoms with van der Waals surface area (Å²) in [5.41, 5.74) is 3.98. The lowest BCUT2D eigenvalue weighted by molar-refractivity contribution is -0.124. The Labute approximate surface area is 198 Å². The molecule has 0 saturated heterocycles. The van der Waals surface area contributed by atoms with E-state index in [1.54, 1.807) is 16.7 Å². The maximum atomic E-state index is 13.2. The molecule has 0 aromatic heterocycles. The number of amides is 2. The Hall–Kier alpha value is -2.76. The van der Waals surface area contributed by atoms with Gasteiger partial charge in [-0.25, -0.2) is 0 Å². The van der Waals surface area contributed by atoms with Gasteiger partial charge in [-0.15, -0.1) is 0 Å². The molecule has 0 fully saturated rings. The Morgan fingerprint density at radius 1 is 0.969 bits per heavy atom. The van der Waals surface area contributed by atoms with Gasteiger partial charge in [-0.2, -0.15) is 11.8 Å². The van der Waals surface area contributed by atoms with Gasteiger partial charge in [0.15, 0.2) is 0 Å². The monoisotopic (exact) mass is 464 g/mol. The Bertz CT molecular complexity index is 1070. The summed E-state index contributed by atoms with van der Waals surface area (Å²) in [6.45, 7) is 0.978. The van der Waals surface area contributed by atoms with Crippen LogP contribution in [0.4, 0.5) is 0 Å². The van der Waals surface area contributed by atoms with Gasteiger partial charge in [0.2, 0.25) is 5.91 Å². The van der Waals surface area contributed by atoms with Crippen LogP contribution in [0.2, 0.25) is 5.02 Å². The Balaban J connectivity index is 1.41. The quantitative estimate of drug-likeness (QED) is 0.487. The SMILES string of the molecule is O=C(NCCc1ccc(Cl)cc1)C(CSCc1ccccc1)N1Cc2ccccc2C1=O. The standard InChI is InChI=1S/C26H25ClN2O2S/c27-22-12-10-19(11-13-22)14-15-28-25(30)24(18-32-17-20-6-2-1-3-7-20)29-16-21-8-4-5-9-23(21)26(29)31/h1-13,24H,14-18H2,(H,28,30). The molecule has 3 aromatic carbocycles. The van der Waals surface area contributed by atoms with Crippen molar-refractivity contribution in [3.8, 4) is 0 Å². The summed E-state index contributed by atoms with van der Waals surface area (Å²) >= 11 is 7.62. The van der Waals surface area contributed by atoms with Crippen LogP contribution in [0, 0.1) is 0 Å². The zero-order valence-electron chi connectivity index (χ0n) is 17.7. The molecule has 1 aliphatic heterocycles. The van der Waals surface area contributed by atoms with Crippen LogP contribution >= 0.6 is 23.4 Å². The third-order valence-corrected chi connectivity index (χ3v) is 6.88. The molecule has 32 heavy (non-hydrogen) atoms. The molecule has 1 N–H and O–H groups in total. The minimum atomic E-state index is -0.520. The van der Waals surface area contributed by atoms with Crippen LogP contribution in [-0.2, 0) is 23.5 Å². The average Bonchev–Trinajstić information content (AvgIpc) is 3.15. The zero-order chi connectivity index (χ0) is 22.3. The number of hydrogen-bond acceptors (Lipinski definition) is 3. The van der Waals surface area contributed by atoms with Crippen molar-refractivity contribution in [3.63, 3.8) is 0 Å². The second kappa shape index (κ2) is 10.7. The average molecular weight is 465 g/mol. The minimum absolute atomic E-state index is 0.0706. The van der Waals surface area contributed by atoms with Gasteiger partial charge in [-0.05, 0) is 41.3 Å². The summed E-state index contributed by atoms with van der Waals surface area (Å²) in [6.07, 6.45) is 0.709. The van der Waals surface area contributed by atoms with E-state index >= 15 is 0 Å². The van der Waals surface area contributed by atoms with Gasteiger partial charge >= 0.3 is 0 Å². The lowest BCUT2D eigenvalue weighted by atomic mass is 10.1. The highest BCUT2D eigenvalue weighted by atomic mass is 35.5. The lowest BCUT2D eigenvalue weighted by Gasteiger charge is -2.27. The molecule has 4 nitrogen and oxygen atoms in total. The van der Waals surface area contributed by atoms with Crippen molar-refractivity contribution in [1.29, 1.82) is 0 Å². The fourth-order valence-corrected chi connectivity index (χ4v) is 5.02. The molecular weight excluding hydrogens is 440 g/mol. The second-order valence-corrected chi connectivity index (χ2v) is 9.24. The summed E-state index contributed by atoms with van der Waals surface area (Å²) < 4.78 is 0. The van der Waals surface area contributed by atoms with E-state index in [-0.39, 0.29) is 11.8 Å². The van der Waals surface area contributed by atoms with E-state index in [0.717, 1.165) is 16.9 Å². The van der Waals surface area contributed by atoms with Crippen molar-refractivity contribution >= 4 is 35.2 Å². The van der Waals surface area contributed by atoms with E-state index in [2.05, 4.69) is 17.4 Å². The van der Waals surface area contributed by atoms with Crippen molar-refractivity contribution in [3.05, 3.63) is 106 Å². The Morgan fingerprint density at radius 3 is 2.44 bits per heavy atom. The number of nitrogens with one attached hydrogen (secondary N) is 1. The fraction of sp³-hybridized carbons (Fsp3) is 0.231. The molecule has 6 heteroatoms. The number of thioether (sulfide) groups is 1. The maximum absolute atomic E-state index is 13.2. The third kappa shape index (κ3) is 5.53. The summed E-state index contributed by atoms with van der Waals surface area (Å²) in [5.74, 6) is 1.16. The van der Waals surface area contributed by atoms with Gasteiger partial charge < -0.3 is 10.2 Å². The number of nitrogens with zero attached hydrogens (tertiary/aromatic N) is 1. The van der Waals surface area contributed by atoms with Crippen molar-refractivity contribution in [2.24, 2.45) is 0 Å². The van der Waals surface area contributed by atoms with E-state index in [4.69, 9.17) is 11.6 Å². The molecule has 0 spiro atoms. The molecule has 0 aliphatic carbocycles. The van der Waals surface area contributed by atoms with Crippen LogP contribution in [0.25, 0.3) is 0 Å². The highest BCUT2D eigenvalue weighted by Gasteiger charge is 2.35. The van der Waals surface area contributed by atoms with Gasteiger partial charge in [0.25, 0.3) is 5.91 Å². The second-order valence-electron chi connectivity index (χ2n) is 7.77. The maximum Gasteiger partial charge on any atom is 0.255 e. The summed E-state index contributed by atoms with van der Waals surface area (Å²) in [4.78, 5) is 27.9. The predicted octanol–water partition coefficient (Wildman–Crippen LogP) is 4.96. The Morgan fingerprint density at radius 2 is 1.69 bits per heavy atom. The van der Waals surface area contributed by atoms with Gasteiger partial charge in [-0.1, -0.05) is 72.3 Å². The number of carbonyl (C=O) groups is 2. The highest BCUT2D eigenvalue weighted by Crippen LogP contribution is 2.26. The van der Waals surface area contributed by atoms with E-state index in [0.29, 0.717) is 35.8 Å². The predicted molar refractivity (Wildman–Crippen MR) is 131 cm³/mol. The largest absolute Gasteiger partial charge is 0.354 e. The first kappa shape index (κ1) is 22.4. The van der Waals surface area contributed by atoms with Crippen molar-refractivity contribution < 1.29 is 9.59 Å². The highest BCUT2D eigenvalue weighted by molar-refractivity contribution is 7.98. The molecule has 1 heterocycles. The molecule has 2 amide bonds. The number of hydrogen-bond donors (Lipinski definition) is 1. The Kier molecular flexibility index (Phi) is 7.51. The third-order valence-electron chi connectivity index (χ3n) is 5.54. The number of fused-ring (bicyclic) bond motifs is 1. The number of halogens is 1. The van der Waals surface area contributed by atoms with Crippen LogP contribution in [0.15, 0.2) is 78.9 Å². The van der Waals surface area contributed by atoms with E-state index < -0.39 is 6.04 Å². The van der Waals surface area contributed by atoms with E-state index in [9.17, 15) is 9.59 Å². The number of benzene rings is 3. The molecular formula is C26H25ClN2O2S. The van der Waals surface area contributed by atoms with Crippen molar-refractivity contribution in [2.75, 3.05) is 12.3 Å². The molecule has 0 bridgehead atoms. The molecule has 164 valence electrons. The number of rotatable bonds is 9. The van der Waals surface area contributed by atoms with Crippen LogP contribution in [-0.4, -0.2) is 35.1 Å². The molecule has 0 radical (unpaired) electrons. The van der Waals surface area contributed by atoms with E-state index in [1.807, 2.05) is 66.7 Å². The summed E-state index contributed by atoms with van der Waals surface area (Å²) in [5, 5.41) is 3.73. The smallest absolute Gasteiger partial charge is 0.255 e. The molecule has 1 atom stereocenters. The zero-order valence-corrected chi connectivity index (χ0v) is 19.2. The van der Waals surface area contributed by atoms with Crippen molar-refractivity contribution in [2.45, 2.75) is 24.8 Å². The van der Waals surface area contributed by atoms with Gasteiger partial charge in [-0.3, -0.25) is 9.59 Å². The van der Waals surface area contributed by atoms with Crippen molar-refractivity contribution in [1.82, 2.24) is 10.2 Å². The molecule has 4 rings (SSSR count). The molecule has 1 unspecified atom stereocenters. The lowest BCUT2D eigenvalue weighted by Crippen LogP contribution is -2.49. The van der Waals surface area contributed by atoms with Gasteiger partial charge in [0, 0.05) is 35.2 Å². The van der Waals surface area contributed by atoms with Gasteiger partial charge in [0.05, 0.1) is 0 Å². The normalized spacial score (nSPS) is 13.7. The first-order valence-corrected chi connectivity index (χ1v) is 12.2. The summed E-state index contributed by atoms with van der Waals surface area (Å²) in [6, 6.07) is 24.9.